The summed E-state index contributed by atoms with van der Waals surface area (Å²) in [7, 11) is 0. The quantitative estimate of drug-likeness (QED) is 0.797. The van der Waals surface area contributed by atoms with Gasteiger partial charge in [-0.05, 0) is 42.7 Å². The average Bonchev–Trinajstić information content (AvgIpc) is 3.53. The normalized spacial score (nSPS) is 18.5. The van der Waals surface area contributed by atoms with Gasteiger partial charge in [-0.1, -0.05) is 36.4 Å². The Labute approximate surface area is 147 Å². The molecule has 1 N–H and O–H groups in total. The molecule has 3 nitrogen and oxygen atoms in total. The van der Waals surface area contributed by atoms with E-state index >= 15 is 0 Å². The topological polar surface area (TPSA) is 32.3 Å². The molecule has 2 saturated carbocycles. The van der Waals surface area contributed by atoms with Gasteiger partial charge in [0, 0.05) is 29.4 Å². The van der Waals surface area contributed by atoms with Crippen LogP contribution in [0.25, 0.3) is 0 Å². The van der Waals surface area contributed by atoms with E-state index in [0.29, 0.717) is 12.6 Å². The minimum absolute atomic E-state index is 0.167. The monoisotopic (exact) mass is 340 g/mol. The van der Waals surface area contributed by atoms with Gasteiger partial charge in [-0.2, -0.15) is 0 Å². The summed E-state index contributed by atoms with van der Waals surface area (Å²) in [5, 5.41) is 5.31. The van der Waals surface area contributed by atoms with Crippen LogP contribution in [-0.4, -0.2) is 29.9 Å². The second-order valence-electron chi connectivity index (χ2n) is 7.14. The number of rotatable bonds is 8. The van der Waals surface area contributed by atoms with Gasteiger partial charge in [-0.15, -0.1) is 11.3 Å². The summed E-state index contributed by atoms with van der Waals surface area (Å²) in [6, 6.07) is 15.4. The summed E-state index contributed by atoms with van der Waals surface area (Å²) in [5.74, 6) is 0.167. The Morgan fingerprint density at radius 2 is 1.96 bits per heavy atom. The van der Waals surface area contributed by atoms with Gasteiger partial charge in [0.15, 0.2) is 0 Å². The molecule has 0 saturated heterocycles. The second-order valence-corrected chi connectivity index (χ2v) is 8.17. The third-order valence-corrected chi connectivity index (χ3v) is 6.07. The fourth-order valence-corrected chi connectivity index (χ4v) is 4.10. The first kappa shape index (κ1) is 15.9. The van der Waals surface area contributed by atoms with Crippen LogP contribution in [0.4, 0.5) is 0 Å². The Morgan fingerprint density at radius 3 is 2.58 bits per heavy atom. The molecule has 0 unspecified atom stereocenters. The zero-order valence-electron chi connectivity index (χ0n) is 13.9. The van der Waals surface area contributed by atoms with Gasteiger partial charge in [-0.3, -0.25) is 9.69 Å². The predicted octanol–water partition coefficient (Wildman–Crippen LogP) is 3.56. The van der Waals surface area contributed by atoms with Crippen LogP contribution in [0.5, 0.6) is 0 Å². The number of carbonyl (C=O) groups is 1. The van der Waals surface area contributed by atoms with E-state index in [9.17, 15) is 4.79 Å². The van der Waals surface area contributed by atoms with Crippen molar-refractivity contribution in [3.05, 3.63) is 58.3 Å². The largest absolute Gasteiger partial charge is 0.354 e. The van der Waals surface area contributed by atoms with Gasteiger partial charge < -0.3 is 5.32 Å². The van der Waals surface area contributed by atoms with Crippen LogP contribution >= 0.6 is 11.3 Å². The highest BCUT2D eigenvalue weighted by atomic mass is 32.1. The lowest BCUT2D eigenvalue weighted by Crippen LogP contribution is -2.40. The first-order valence-electron chi connectivity index (χ1n) is 8.84. The maximum atomic E-state index is 12.5. The van der Waals surface area contributed by atoms with Crippen LogP contribution < -0.4 is 5.32 Å². The number of carbonyl (C=O) groups excluding carboxylic acids is 1. The van der Waals surface area contributed by atoms with Gasteiger partial charge in [0.2, 0.25) is 5.91 Å². The highest BCUT2D eigenvalue weighted by molar-refractivity contribution is 7.09. The summed E-state index contributed by atoms with van der Waals surface area (Å²) >= 11 is 1.78. The molecule has 4 rings (SSSR count). The van der Waals surface area contributed by atoms with E-state index in [1.54, 1.807) is 11.3 Å². The van der Waals surface area contributed by atoms with Crippen LogP contribution in [0, 0.1) is 0 Å². The molecule has 1 heterocycles. The van der Waals surface area contributed by atoms with E-state index in [4.69, 9.17) is 0 Å². The second kappa shape index (κ2) is 6.69. The van der Waals surface area contributed by atoms with Crippen LogP contribution in [0.3, 0.4) is 0 Å². The maximum Gasteiger partial charge on any atom is 0.234 e. The molecule has 2 fully saturated rings. The van der Waals surface area contributed by atoms with Crippen molar-refractivity contribution in [2.75, 3.05) is 13.1 Å². The molecule has 4 heteroatoms. The lowest BCUT2D eigenvalue weighted by atomic mass is 9.96. The summed E-state index contributed by atoms with van der Waals surface area (Å²) in [4.78, 5) is 16.2. The molecular weight excluding hydrogens is 316 g/mol. The zero-order chi connectivity index (χ0) is 16.4. The SMILES string of the molecule is O=C(CN(Cc1cccs1)C1CC1)NCC1(c2ccccc2)CC1. The highest BCUT2D eigenvalue weighted by Gasteiger charge is 2.44. The number of nitrogens with zero attached hydrogens (tertiary/aromatic N) is 1. The van der Waals surface area contributed by atoms with Crippen molar-refractivity contribution < 1.29 is 4.79 Å². The number of nitrogens with one attached hydrogen (secondary N) is 1. The van der Waals surface area contributed by atoms with Gasteiger partial charge in [0.25, 0.3) is 0 Å². The number of amides is 1. The van der Waals surface area contributed by atoms with Crippen molar-refractivity contribution in [2.24, 2.45) is 0 Å². The van der Waals surface area contributed by atoms with Crippen molar-refractivity contribution in [1.29, 1.82) is 0 Å². The number of benzene rings is 1. The van der Waals surface area contributed by atoms with Crippen molar-refractivity contribution in [2.45, 2.75) is 43.7 Å². The number of hydrogen-bond donors (Lipinski definition) is 1. The molecule has 2 aliphatic rings. The van der Waals surface area contributed by atoms with E-state index < -0.39 is 0 Å². The highest BCUT2D eigenvalue weighted by Crippen LogP contribution is 2.47. The minimum atomic E-state index is 0.167. The molecule has 24 heavy (non-hydrogen) atoms. The van der Waals surface area contributed by atoms with Crippen LogP contribution in [0.1, 0.15) is 36.1 Å². The smallest absolute Gasteiger partial charge is 0.234 e. The van der Waals surface area contributed by atoms with Gasteiger partial charge in [0.1, 0.15) is 0 Å². The fourth-order valence-electron chi connectivity index (χ4n) is 3.37. The van der Waals surface area contributed by atoms with Gasteiger partial charge >= 0.3 is 0 Å². The van der Waals surface area contributed by atoms with Gasteiger partial charge in [0.05, 0.1) is 6.54 Å². The Bertz CT molecular complexity index is 675. The van der Waals surface area contributed by atoms with E-state index in [-0.39, 0.29) is 11.3 Å². The Hall–Kier alpha value is -1.65. The average molecular weight is 340 g/mol. The number of thiophene rings is 1. The molecule has 0 atom stereocenters. The maximum absolute atomic E-state index is 12.5. The fraction of sp³-hybridized carbons (Fsp3) is 0.450. The standard InChI is InChI=1S/C20H24N2OS/c23-19(14-22(17-8-9-17)13-18-7-4-12-24-18)21-15-20(10-11-20)16-5-2-1-3-6-16/h1-7,12,17H,8-11,13-15H2,(H,21,23). The van der Waals surface area contributed by atoms with Gasteiger partial charge in [-0.25, -0.2) is 0 Å². The predicted molar refractivity (Wildman–Crippen MR) is 98.1 cm³/mol. The van der Waals surface area contributed by atoms with Crippen LogP contribution in [0.2, 0.25) is 0 Å². The van der Waals surface area contributed by atoms with Crippen molar-refractivity contribution in [3.8, 4) is 0 Å². The molecule has 0 bridgehead atoms. The molecular formula is C20H24N2OS. The molecule has 0 spiro atoms. The van der Waals surface area contributed by atoms with E-state index in [2.05, 4.69) is 58.1 Å². The van der Waals surface area contributed by atoms with E-state index in [1.165, 1.54) is 36.1 Å². The lowest BCUT2D eigenvalue weighted by molar-refractivity contribution is -0.122. The molecule has 2 aromatic rings. The molecule has 0 aliphatic heterocycles. The van der Waals surface area contributed by atoms with Crippen LogP contribution in [0.15, 0.2) is 47.8 Å². The summed E-state index contributed by atoms with van der Waals surface area (Å²) < 4.78 is 0. The summed E-state index contributed by atoms with van der Waals surface area (Å²) in [6.45, 7) is 2.19. The zero-order valence-corrected chi connectivity index (χ0v) is 14.7. The third kappa shape index (κ3) is 3.70. The summed E-state index contributed by atoms with van der Waals surface area (Å²) in [6.07, 6.45) is 4.82. The van der Waals surface area contributed by atoms with Crippen molar-refractivity contribution in [3.63, 3.8) is 0 Å². The Morgan fingerprint density at radius 1 is 1.17 bits per heavy atom. The summed E-state index contributed by atoms with van der Waals surface area (Å²) in [5.41, 5.74) is 1.55. The van der Waals surface area contributed by atoms with Crippen molar-refractivity contribution >= 4 is 17.2 Å². The van der Waals surface area contributed by atoms with Crippen molar-refractivity contribution in [1.82, 2.24) is 10.2 Å². The van der Waals surface area contributed by atoms with E-state index in [1.807, 2.05) is 0 Å². The first-order valence-corrected chi connectivity index (χ1v) is 9.72. The molecule has 1 aromatic heterocycles. The molecule has 2 aliphatic carbocycles. The molecule has 1 amide bonds. The lowest BCUT2D eigenvalue weighted by Gasteiger charge is -2.22. The molecule has 126 valence electrons. The Kier molecular flexibility index (Phi) is 4.42. The first-order chi connectivity index (χ1) is 11.8. The van der Waals surface area contributed by atoms with E-state index in [0.717, 1.165) is 13.1 Å². The number of hydrogen-bond acceptors (Lipinski definition) is 3. The Balaban J connectivity index is 1.31. The van der Waals surface area contributed by atoms with Crippen LogP contribution in [-0.2, 0) is 16.8 Å². The minimum Gasteiger partial charge on any atom is -0.354 e. The molecule has 1 aromatic carbocycles. The molecule has 0 radical (unpaired) electrons. The third-order valence-electron chi connectivity index (χ3n) is 5.21.